The summed E-state index contributed by atoms with van der Waals surface area (Å²) >= 11 is 0. The van der Waals surface area contributed by atoms with Gasteiger partial charge in [0.05, 0.1) is 6.42 Å². The zero-order valence-electron chi connectivity index (χ0n) is 11.3. The number of aromatic amines is 1. The highest BCUT2D eigenvalue weighted by Crippen LogP contribution is 2.18. The fourth-order valence-electron chi connectivity index (χ4n) is 2.24. The molecule has 1 heterocycles. The molecule has 106 valence electrons. The molecule has 20 heavy (non-hydrogen) atoms. The van der Waals surface area contributed by atoms with Crippen LogP contribution in [0.25, 0.3) is 10.9 Å². The van der Waals surface area contributed by atoms with Gasteiger partial charge < -0.3 is 15.4 Å². The molecule has 0 saturated carbocycles. The van der Waals surface area contributed by atoms with Crippen molar-refractivity contribution in [2.24, 2.45) is 0 Å². The number of carboxylic acid groups (broad SMARTS) is 1. The highest BCUT2D eigenvalue weighted by molar-refractivity contribution is 5.90. The van der Waals surface area contributed by atoms with E-state index in [2.05, 4.69) is 10.3 Å². The van der Waals surface area contributed by atoms with Crippen molar-refractivity contribution in [1.82, 2.24) is 10.3 Å². The molecule has 1 atom stereocenters. The van der Waals surface area contributed by atoms with E-state index in [1.807, 2.05) is 31.2 Å². The zero-order chi connectivity index (χ0) is 14.5. The molecule has 1 amide bonds. The van der Waals surface area contributed by atoms with E-state index in [0.717, 1.165) is 16.5 Å². The lowest BCUT2D eigenvalue weighted by Gasteiger charge is -2.13. The van der Waals surface area contributed by atoms with Gasteiger partial charge in [-0.3, -0.25) is 4.79 Å². The molecule has 0 aliphatic carbocycles. The number of carbonyl (C=O) groups is 2. The van der Waals surface area contributed by atoms with Crippen LogP contribution < -0.4 is 5.32 Å². The molecule has 0 bridgehead atoms. The molecule has 1 aromatic carbocycles. The Morgan fingerprint density at radius 1 is 1.35 bits per heavy atom. The van der Waals surface area contributed by atoms with Crippen molar-refractivity contribution in [2.45, 2.75) is 32.2 Å². The zero-order valence-corrected chi connectivity index (χ0v) is 11.3. The number of fused-ring (bicyclic) bond motifs is 1. The standard InChI is InChI=1S/C15H18N2O3/c1-2-5-13(15(19)20)17-14(18)8-10-9-16-12-7-4-3-6-11(10)12/h3-4,6-7,9,13,16H,2,5,8H2,1H3,(H,17,18)(H,19,20)/t13-/m1/s1. The van der Waals surface area contributed by atoms with Crippen LogP contribution in [0.1, 0.15) is 25.3 Å². The molecule has 0 fully saturated rings. The van der Waals surface area contributed by atoms with Crippen molar-refractivity contribution < 1.29 is 14.7 Å². The van der Waals surface area contributed by atoms with Gasteiger partial charge in [-0.15, -0.1) is 0 Å². The summed E-state index contributed by atoms with van der Waals surface area (Å²) in [7, 11) is 0. The first-order valence-corrected chi connectivity index (χ1v) is 6.69. The summed E-state index contributed by atoms with van der Waals surface area (Å²) in [5.74, 6) is -1.25. The third-order valence-electron chi connectivity index (χ3n) is 3.24. The first kappa shape index (κ1) is 14.1. The predicted octanol–water partition coefficient (Wildman–Crippen LogP) is 2.08. The van der Waals surface area contributed by atoms with Gasteiger partial charge >= 0.3 is 5.97 Å². The van der Waals surface area contributed by atoms with Gasteiger partial charge in [-0.2, -0.15) is 0 Å². The van der Waals surface area contributed by atoms with Crippen molar-refractivity contribution in [2.75, 3.05) is 0 Å². The highest BCUT2D eigenvalue weighted by atomic mass is 16.4. The molecule has 2 aromatic rings. The predicted molar refractivity (Wildman–Crippen MR) is 76.5 cm³/mol. The van der Waals surface area contributed by atoms with Gasteiger partial charge in [0.25, 0.3) is 0 Å². The Labute approximate surface area is 117 Å². The maximum atomic E-state index is 12.0. The second-order valence-electron chi connectivity index (χ2n) is 4.78. The average molecular weight is 274 g/mol. The largest absolute Gasteiger partial charge is 0.480 e. The van der Waals surface area contributed by atoms with Crippen LogP contribution in [0, 0.1) is 0 Å². The molecule has 0 unspecified atom stereocenters. The Bertz CT molecular complexity index is 618. The molecule has 0 aliphatic heterocycles. The lowest BCUT2D eigenvalue weighted by Crippen LogP contribution is -2.41. The number of benzene rings is 1. The van der Waals surface area contributed by atoms with Gasteiger partial charge in [0, 0.05) is 17.1 Å². The summed E-state index contributed by atoms with van der Waals surface area (Å²) in [4.78, 5) is 26.1. The Hall–Kier alpha value is -2.30. The third kappa shape index (κ3) is 3.17. The van der Waals surface area contributed by atoms with Gasteiger partial charge in [0.1, 0.15) is 6.04 Å². The van der Waals surface area contributed by atoms with Crippen molar-refractivity contribution >= 4 is 22.8 Å². The molecule has 0 saturated heterocycles. The normalized spacial score (nSPS) is 12.2. The van der Waals surface area contributed by atoms with Crippen LogP contribution >= 0.6 is 0 Å². The van der Waals surface area contributed by atoms with E-state index in [0.29, 0.717) is 12.8 Å². The van der Waals surface area contributed by atoms with Gasteiger partial charge in [-0.25, -0.2) is 4.79 Å². The number of hydrogen-bond acceptors (Lipinski definition) is 2. The number of para-hydroxylation sites is 1. The SMILES string of the molecule is CCC[C@@H](NC(=O)Cc1c[nH]c2ccccc12)C(=O)O. The number of carboxylic acids is 1. The van der Waals surface area contributed by atoms with Gasteiger partial charge in [0.2, 0.25) is 5.91 Å². The van der Waals surface area contributed by atoms with Crippen LogP contribution in [0.2, 0.25) is 0 Å². The van der Waals surface area contributed by atoms with Crippen LogP contribution in [0.4, 0.5) is 0 Å². The van der Waals surface area contributed by atoms with Crippen molar-refractivity contribution in [3.8, 4) is 0 Å². The maximum absolute atomic E-state index is 12.0. The van der Waals surface area contributed by atoms with Gasteiger partial charge in [-0.05, 0) is 18.1 Å². The summed E-state index contributed by atoms with van der Waals surface area (Å²) < 4.78 is 0. The summed E-state index contributed by atoms with van der Waals surface area (Å²) in [5, 5.41) is 12.6. The van der Waals surface area contributed by atoms with E-state index in [4.69, 9.17) is 5.11 Å². The smallest absolute Gasteiger partial charge is 0.326 e. The summed E-state index contributed by atoms with van der Waals surface area (Å²) in [6, 6.07) is 6.90. The number of nitrogens with one attached hydrogen (secondary N) is 2. The second kappa shape index (κ2) is 6.23. The quantitative estimate of drug-likeness (QED) is 0.754. The fraction of sp³-hybridized carbons (Fsp3) is 0.333. The van der Waals surface area contributed by atoms with Crippen molar-refractivity contribution in [1.29, 1.82) is 0 Å². The van der Waals surface area contributed by atoms with E-state index >= 15 is 0 Å². The molecule has 2 rings (SSSR count). The maximum Gasteiger partial charge on any atom is 0.326 e. The summed E-state index contributed by atoms with van der Waals surface area (Å²) in [6.45, 7) is 1.89. The minimum atomic E-state index is -0.987. The van der Waals surface area contributed by atoms with E-state index in [9.17, 15) is 9.59 Å². The number of rotatable bonds is 6. The van der Waals surface area contributed by atoms with Crippen LogP contribution in [-0.4, -0.2) is 28.0 Å². The van der Waals surface area contributed by atoms with E-state index in [1.165, 1.54) is 0 Å². The molecular weight excluding hydrogens is 256 g/mol. The van der Waals surface area contributed by atoms with Crippen LogP contribution in [0.15, 0.2) is 30.5 Å². The average Bonchev–Trinajstić information content (AvgIpc) is 2.81. The van der Waals surface area contributed by atoms with Crippen LogP contribution in [-0.2, 0) is 16.0 Å². The highest BCUT2D eigenvalue weighted by Gasteiger charge is 2.19. The fourth-order valence-corrected chi connectivity index (χ4v) is 2.24. The first-order valence-electron chi connectivity index (χ1n) is 6.69. The van der Waals surface area contributed by atoms with Crippen LogP contribution in [0.5, 0.6) is 0 Å². The third-order valence-corrected chi connectivity index (χ3v) is 3.24. The topological polar surface area (TPSA) is 82.2 Å². The molecule has 0 aliphatic rings. The molecule has 1 aromatic heterocycles. The Balaban J connectivity index is 2.06. The summed E-state index contributed by atoms with van der Waals surface area (Å²) in [5.41, 5.74) is 1.84. The molecule has 5 nitrogen and oxygen atoms in total. The second-order valence-corrected chi connectivity index (χ2v) is 4.78. The lowest BCUT2D eigenvalue weighted by molar-refractivity contribution is -0.141. The number of H-pyrrole nitrogens is 1. The van der Waals surface area contributed by atoms with Crippen LogP contribution in [0.3, 0.4) is 0 Å². The number of hydrogen-bond donors (Lipinski definition) is 3. The number of aliphatic carboxylic acids is 1. The van der Waals surface area contributed by atoms with Gasteiger partial charge in [0.15, 0.2) is 0 Å². The molecule has 3 N–H and O–H groups in total. The lowest BCUT2D eigenvalue weighted by atomic mass is 10.1. The number of carbonyl (C=O) groups excluding carboxylic acids is 1. The molecule has 0 spiro atoms. The Morgan fingerprint density at radius 3 is 2.80 bits per heavy atom. The molecule has 5 heteroatoms. The van der Waals surface area contributed by atoms with Crippen molar-refractivity contribution in [3.63, 3.8) is 0 Å². The number of aromatic nitrogens is 1. The Morgan fingerprint density at radius 2 is 2.10 bits per heavy atom. The Kier molecular flexibility index (Phi) is 4.40. The van der Waals surface area contributed by atoms with E-state index in [1.54, 1.807) is 6.20 Å². The van der Waals surface area contributed by atoms with E-state index < -0.39 is 12.0 Å². The van der Waals surface area contributed by atoms with E-state index in [-0.39, 0.29) is 12.3 Å². The number of amides is 1. The van der Waals surface area contributed by atoms with Gasteiger partial charge in [-0.1, -0.05) is 31.5 Å². The molecular formula is C15H18N2O3. The molecule has 0 radical (unpaired) electrons. The minimum absolute atomic E-state index is 0.178. The first-order chi connectivity index (χ1) is 9.61. The van der Waals surface area contributed by atoms with Crippen molar-refractivity contribution in [3.05, 3.63) is 36.0 Å². The summed E-state index contributed by atoms with van der Waals surface area (Å²) in [6.07, 6.45) is 3.12. The monoisotopic (exact) mass is 274 g/mol. The minimum Gasteiger partial charge on any atom is -0.480 e.